The molecule has 0 bridgehead atoms. The van der Waals surface area contributed by atoms with E-state index < -0.39 is 0 Å². The molecule has 0 radical (unpaired) electrons. The van der Waals surface area contributed by atoms with Gasteiger partial charge in [0.25, 0.3) is 0 Å². The molecule has 0 saturated carbocycles. The molecule has 1 nitrogen and oxygen atoms in total. The third kappa shape index (κ3) is 4.06. The zero-order valence-electron chi connectivity index (χ0n) is 5.37. The molecule has 0 saturated heterocycles. The van der Waals surface area contributed by atoms with Crippen molar-refractivity contribution in [3.05, 3.63) is 35.8 Å². The molecule has 0 amide bonds. The van der Waals surface area contributed by atoms with Crippen molar-refractivity contribution in [3.63, 3.8) is 0 Å². The van der Waals surface area contributed by atoms with Crippen LogP contribution < -0.4 is 0 Å². The summed E-state index contributed by atoms with van der Waals surface area (Å²) in [6.07, 6.45) is 7.13. The third-order valence-electron chi connectivity index (χ3n) is 0.760. The van der Waals surface area contributed by atoms with E-state index >= 15 is 0 Å². The van der Waals surface area contributed by atoms with Gasteiger partial charge in [0.2, 0.25) is 0 Å². The van der Waals surface area contributed by atoms with Crippen LogP contribution in [-0.4, -0.2) is 4.55 Å². The lowest BCUT2D eigenvalue weighted by Gasteiger charge is -1.87. The van der Waals surface area contributed by atoms with Crippen LogP contribution >= 0.6 is 12.0 Å². The molecule has 0 aliphatic carbocycles. The lowest BCUT2D eigenvalue weighted by molar-refractivity contribution is 0.670. The maximum absolute atomic E-state index is 8.50. The Hall–Kier alpha value is -0.470. The van der Waals surface area contributed by atoms with Gasteiger partial charge in [0, 0.05) is 16.9 Å². The van der Waals surface area contributed by atoms with Crippen LogP contribution in [0.25, 0.3) is 0 Å². The fourth-order valence-electron chi connectivity index (χ4n) is 0.327. The third-order valence-corrected chi connectivity index (χ3v) is 1.27. The van der Waals surface area contributed by atoms with Crippen molar-refractivity contribution >= 4 is 12.0 Å². The van der Waals surface area contributed by atoms with E-state index in [0.29, 0.717) is 12.0 Å². The zero-order chi connectivity index (χ0) is 7.11. The minimum absolute atomic E-state index is 0.702. The summed E-state index contributed by atoms with van der Waals surface area (Å²) in [7, 11) is 0. The van der Waals surface area contributed by atoms with Crippen molar-refractivity contribution in [1.82, 2.24) is 0 Å². The number of hydrogen-bond acceptors (Lipinski definition) is 2. The molecule has 0 heterocycles. The fraction of sp³-hybridized carbons (Fsp3) is 0.143. The van der Waals surface area contributed by atoms with E-state index in [9.17, 15) is 0 Å². The first-order valence-electron chi connectivity index (χ1n) is 2.62. The minimum atomic E-state index is 0.702. The van der Waals surface area contributed by atoms with Gasteiger partial charge in [-0.05, 0) is 13.0 Å². The topological polar surface area (TPSA) is 20.2 Å². The molecule has 0 spiro atoms. The van der Waals surface area contributed by atoms with Gasteiger partial charge in [0.15, 0.2) is 0 Å². The predicted molar refractivity (Wildman–Crippen MR) is 43.3 cm³/mol. The summed E-state index contributed by atoms with van der Waals surface area (Å²) in [6.45, 7) is 5.42. The Kier molecular flexibility index (Phi) is 5.37. The summed E-state index contributed by atoms with van der Waals surface area (Å²) in [5.41, 5.74) is 0. The van der Waals surface area contributed by atoms with Crippen LogP contribution in [-0.2, 0) is 0 Å². The van der Waals surface area contributed by atoms with Crippen molar-refractivity contribution in [1.29, 1.82) is 0 Å². The normalized spacial score (nSPS) is 12.4. The van der Waals surface area contributed by atoms with E-state index in [2.05, 4.69) is 6.58 Å². The number of hydrogen-bond donors (Lipinski definition) is 1. The van der Waals surface area contributed by atoms with Gasteiger partial charge in [0.05, 0.1) is 0 Å². The van der Waals surface area contributed by atoms with Crippen LogP contribution in [0.1, 0.15) is 6.92 Å². The molecule has 0 atom stereocenters. The highest BCUT2D eigenvalue weighted by Crippen LogP contribution is 2.10. The van der Waals surface area contributed by atoms with Crippen molar-refractivity contribution in [3.8, 4) is 0 Å². The first-order chi connectivity index (χ1) is 4.35. The van der Waals surface area contributed by atoms with Crippen molar-refractivity contribution in [2.75, 3.05) is 0 Å². The molecule has 0 aromatic rings. The van der Waals surface area contributed by atoms with Crippen LogP contribution in [0.4, 0.5) is 0 Å². The highest BCUT2D eigenvalue weighted by molar-refractivity contribution is 7.97. The highest BCUT2D eigenvalue weighted by Gasteiger charge is 1.82. The van der Waals surface area contributed by atoms with Gasteiger partial charge in [-0.15, -0.1) is 0 Å². The number of rotatable bonds is 3. The second-order valence-corrected chi connectivity index (χ2v) is 2.04. The standard InChI is InChI=1S/C7H10OS/c1-3-5-6-7(4-2)9-8/h3-6,8H,2H2,1H3/b5-3-,7-6+. The van der Waals surface area contributed by atoms with E-state index in [1.807, 2.05) is 19.1 Å². The summed E-state index contributed by atoms with van der Waals surface area (Å²) in [4.78, 5) is 0.758. The monoisotopic (exact) mass is 142 g/mol. The second kappa shape index (κ2) is 5.66. The van der Waals surface area contributed by atoms with E-state index in [1.165, 1.54) is 0 Å². The Bertz CT molecular complexity index is 136. The van der Waals surface area contributed by atoms with E-state index in [0.717, 1.165) is 4.91 Å². The summed E-state index contributed by atoms with van der Waals surface area (Å²) in [5.74, 6) is 0. The maximum atomic E-state index is 8.50. The van der Waals surface area contributed by atoms with Crippen molar-refractivity contribution in [2.45, 2.75) is 6.92 Å². The molecule has 0 aromatic heterocycles. The van der Waals surface area contributed by atoms with Gasteiger partial charge in [-0.1, -0.05) is 24.8 Å². The predicted octanol–water partition coefficient (Wildman–Crippen LogP) is 2.84. The lowest BCUT2D eigenvalue weighted by atomic mass is 10.4. The Morgan fingerprint density at radius 2 is 2.33 bits per heavy atom. The smallest absolute Gasteiger partial charge is 0.0344 e. The summed E-state index contributed by atoms with van der Waals surface area (Å²) >= 11 is 0.702. The Balaban J connectivity index is 3.90. The van der Waals surface area contributed by atoms with Crippen LogP contribution in [0.5, 0.6) is 0 Å². The molecule has 0 aromatic carbocycles. The van der Waals surface area contributed by atoms with Crippen molar-refractivity contribution < 1.29 is 4.55 Å². The summed E-state index contributed by atoms with van der Waals surface area (Å²) in [6, 6.07) is 0. The van der Waals surface area contributed by atoms with E-state index in [1.54, 1.807) is 12.2 Å². The number of allylic oxidation sites excluding steroid dienone is 4. The lowest BCUT2D eigenvalue weighted by Crippen LogP contribution is -1.63. The molecule has 0 aliphatic heterocycles. The van der Waals surface area contributed by atoms with Gasteiger partial charge < -0.3 is 4.55 Å². The molecule has 0 aliphatic rings. The molecule has 0 unspecified atom stereocenters. The van der Waals surface area contributed by atoms with Gasteiger partial charge in [-0.25, -0.2) is 0 Å². The Morgan fingerprint density at radius 3 is 2.67 bits per heavy atom. The minimum Gasteiger partial charge on any atom is -0.325 e. The molecule has 9 heavy (non-hydrogen) atoms. The van der Waals surface area contributed by atoms with Crippen LogP contribution in [0.3, 0.4) is 0 Å². The van der Waals surface area contributed by atoms with Gasteiger partial charge >= 0.3 is 0 Å². The highest BCUT2D eigenvalue weighted by atomic mass is 32.2. The summed E-state index contributed by atoms with van der Waals surface area (Å²) in [5, 5.41) is 0. The van der Waals surface area contributed by atoms with Crippen LogP contribution in [0.2, 0.25) is 0 Å². The fourth-order valence-corrected chi connectivity index (χ4v) is 0.541. The average Bonchev–Trinajstić information content (AvgIpc) is 1.91. The average molecular weight is 142 g/mol. The largest absolute Gasteiger partial charge is 0.325 e. The van der Waals surface area contributed by atoms with Crippen molar-refractivity contribution in [2.24, 2.45) is 0 Å². The molecule has 50 valence electrons. The molecule has 0 fully saturated rings. The first kappa shape index (κ1) is 8.53. The molecule has 1 N–H and O–H groups in total. The second-order valence-electron chi connectivity index (χ2n) is 1.39. The molecular formula is C7H10OS. The Labute approximate surface area is 60.0 Å². The maximum Gasteiger partial charge on any atom is 0.0344 e. The Morgan fingerprint density at radius 1 is 1.67 bits per heavy atom. The van der Waals surface area contributed by atoms with Crippen LogP contribution in [0.15, 0.2) is 35.8 Å². The van der Waals surface area contributed by atoms with E-state index in [4.69, 9.17) is 4.55 Å². The summed E-state index contributed by atoms with van der Waals surface area (Å²) < 4.78 is 8.50. The van der Waals surface area contributed by atoms with Gasteiger partial charge in [-0.2, -0.15) is 0 Å². The van der Waals surface area contributed by atoms with E-state index in [-0.39, 0.29) is 0 Å². The van der Waals surface area contributed by atoms with Gasteiger partial charge in [0.1, 0.15) is 0 Å². The molecule has 0 rings (SSSR count). The SMILES string of the molecule is C=C/C(=C\C=C/C)SO. The molecule has 2 heteroatoms. The van der Waals surface area contributed by atoms with Crippen LogP contribution in [0, 0.1) is 0 Å². The zero-order valence-corrected chi connectivity index (χ0v) is 6.19. The first-order valence-corrected chi connectivity index (χ1v) is 3.39. The van der Waals surface area contributed by atoms with Gasteiger partial charge in [-0.3, -0.25) is 0 Å². The molecular weight excluding hydrogens is 132 g/mol. The quantitative estimate of drug-likeness (QED) is 0.483.